The summed E-state index contributed by atoms with van der Waals surface area (Å²) in [5.74, 6) is -0.729. The van der Waals surface area contributed by atoms with Crippen LogP contribution in [0, 0.1) is 0 Å². The average Bonchev–Trinajstić information content (AvgIpc) is 3.18. The van der Waals surface area contributed by atoms with Crippen molar-refractivity contribution in [2.24, 2.45) is 0 Å². The molecule has 1 fully saturated rings. The standard InChI is InChI=1S/C17H19N5O3/c1-20-12-16(24)22(17(20)25)11-15(23)18-9-13-5-2-3-6-14(13)10-21-8-4-7-19-21/h2-8H,9-12H2,1H3,(H,18,23). The number of rotatable bonds is 6. The second kappa shape index (κ2) is 7.16. The molecule has 1 saturated heterocycles. The van der Waals surface area contributed by atoms with Crippen molar-refractivity contribution in [1.29, 1.82) is 0 Å². The Kier molecular flexibility index (Phi) is 4.78. The Morgan fingerprint density at radius 2 is 1.96 bits per heavy atom. The number of amides is 4. The number of hydrogen-bond acceptors (Lipinski definition) is 4. The van der Waals surface area contributed by atoms with Gasteiger partial charge in [-0.1, -0.05) is 24.3 Å². The quantitative estimate of drug-likeness (QED) is 0.773. The molecule has 0 spiro atoms. The van der Waals surface area contributed by atoms with Gasteiger partial charge in [0.05, 0.1) is 6.54 Å². The van der Waals surface area contributed by atoms with E-state index in [0.717, 1.165) is 16.0 Å². The zero-order valence-electron chi connectivity index (χ0n) is 13.9. The number of benzene rings is 1. The average molecular weight is 341 g/mol. The molecule has 25 heavy (non-hydrogen) atoms. The van der Waals surface area contributed by atoms with Crippen LogP contribution in [0.4, 0.5) is 4.79 Å². The van der Waals surface area contributed by atoms with Gasteiger partial charge in [0.25, 0.3) is 5.91 Å². The number of imide groups is 1. The van der Waals surface area contributed by atoms with Gasteiger partial charge in [-0.05, 0) is 17.2 Å². The van der Waals surface area contributed by atoms with Gasteiger partial charge in [-0.2, -0.15) is 5.10 Å². The SMILES string of the molecule is CN1CC(=O)N(CC(=O)NCc2ccccc2Cn2cccn2)C1=O. The Labute approximate surface area is 145 Å². The van der Waals surface area contributed by atoms with E-state index in [0.29, 0.717) is 13.1 Å². The molecule has 3 rings (SSSR count). The van der Waals surface area contributed by atoms with Gasteiger partial charge in [-0.15, -0.1) is 0 Å². The van der Waals surface area contributed by atoms with Crippen LogP contribution < -0.4 is 5.32 Å². The minimum atomic E-state index is -0.445. The van der Waals surface area contributed by atoms with Crippen molar-refractivity contribution in [2.75, 3.05) is 20.1 Å². The molecule has 0 aliphatic carbocycles. The molecule has 0 unspecified atom stereocenters. The summed E-state index contributed by atoms with van der Waals surface area (Å²) in [7, 11) is 1.53. The fraction of sp³-hybridized carbons (Fsp3) is 0.294. The van der Waals surface area contributed by atoms with Crippen molar-refractivity contribution in [1.82, 2.24) is 24.9 Å². The first-order chi connectivity index (χ1) is 12.0. The largest absolute Gasteiger partial charge is 0.350 e. The third-order valence-corrected chi connectivity index (χ3v) is 4.02. The Hall–Kier alpha value is -3.16. The molecule has 0 bridgehead atoms. The third kappa shape index (κ3) is 3.85. The zero-order chi connectivity index (χ0) is 17.8. The van der Waals surface area contributed by atoms with Crippen LogP contribution >= 0.6 is 0 Å². The molecule has 1 aromatic carbocycles. The molecule has 1 N–H and O–H groups in total. The molecule has 1 aliphatic rings. The molecule has 2 aromatic rings. The van der Waals surface area contributed by atoms with Crippen LogP contribution in [0.3, 0.4) is 0 Å². The minimum absolute atomic E-state index is 0.0127. The van der Waals surface area contributed by atoms with E-state index in [9.17, 15) is 14.4 Å². The van der Waals surface area contributed by atoms with Crippen LogP contribution in [0.5, 0.6) is 0 Å². The number of nitrogens with one attached hydrogen (secondary N) is 1. The monoisotopic (exact) mass is 341 g/mol. The molecule has 8 heteroatoms. The Morgan fingerprint density at radius 3 is 2.60 bits per heavy atom. The number of carbonyl (C=O) groups is 3. The van der Waals surface area contributed by atoms with Crippen LogP contribution in [-0.2, 0) is 22.7 Å². The predicted octanol–water partition coefficient (Wildman–Crippen LogP) is 0.442. The summed E-state index contributed by atoms with van der Waals surface area (Å²) in [6.45, 7) is 0.678. The van der Waals surface area contributed by atoms with Gasteiger partial charge in [0.1, 0.15) is 13.1 Å². The van der Waals surface area contributed by atoms with E-state index in [1.807, 2.05) is 36.5 Å². The zero-order valence-corrected chi connectivity index (χ0v) is 13.9. The molecule has 0 radical (unpaired) electrons. The fourth-order valence-electron chi connectivity index (χ4n) is 2.67. The molecule has 8 nitrogen and oxygen atoms in total. The van der Waals surface area contributed by atoms with E-state index in [2.05, 4.69) is 10.4 Å². The van der Waals surface area contributed by atoms with Crippen molar-refractivity contribution < 1.29 is 14.4 Å². The lowest BCUT2D eigenvalue weighted by Gasteiger charge is -2.15. The highest BCUT2D eigenvalue weighted by molar-refractivity contribution is 6.04. The normalized spacial score (nSPS) is 14.3. The number of carbonyl (C=O) groups excluding carboxylic acids is 3. The van der Waals surface area contributed by atoms with Crippen LogP contribution in [0.2, 0.25) is 0 Å². The molecule has 0 saturated carbocycles. The van der Waals surface area contributed by atoms with Crippen LogP contribution in [0.15, 0.2) is 42.7 Å². The third-order valence-electron chi connectivity index (χ3n) is 4.02. The summed E-state index contributed by atoms with van der Waals surface area (Å²) in [4.78, 5) is 37.9. The number of likely N-dealkylation sites (N-methyl/N-ethyl adjacent to an activating group) is 1. The summed E-state index contributed by atoms with van der Waals surface area (Å²) in [5.41, 5.74) is 2.00. The van der Waals surface area contributed by atoms with E-state index in [-0.39, 0.29) is 24.9 Å². The highest BCUT2D eigenvalue weighted by Crippen LogP contribution is 2.11. The summed E-state index contributed by atoms with van der Waals surface area (Å²) in [6.07, 6.45) is 3.59. The number of aromatic nitrogens is 2. The summed E-state index contributed by atoms with van der Waals surface area (Å²) >= 11 is 0. The molecule has 1 aliphatic heterocycles. The van der Waals surface area contributed by atoms with Gasteiger partial charge in [0.15, 0.2) is 0 Å². The van der Waals surface area contributed by atoms with Gasteiger partial charge in [0, 0.05) is 26.0 Å². The lowest BCUT2D eigenvalue weighted by molar-refractivity contribution is -0.130. The van der Waals surface area contributed by atoms with E-state index in [1.54, 1.807) is 10.9 Å². The fourth-order valence-corrected chi connectivity index (χ4v) is 2.67. The smallest absolute Gasteiger partial charge is 0.327 e. The highest BCUT2D eigenvalue weighted by atomic mass is 16.2. The van der Waals surface area contributed by atoms with Crippen molar-refractivity contribution in [3.05, 3.63) is 53.9 Å². The molecule has 4 amide bonds. The Balaban J connectivity index is 1.59. The summed E-state index contributed by atoms with van der Waals surface area (Å²) < 4.78 is 1.80. The van der Waals surface area contributed by atoms with Crippen LogP contribution in [-0.4, -0.2) is 57.6 Å². The second-order valence-corrected chi connectivity index (χ2v) is 5.87. The summed E-state index contributed by atoms with van der Waals surface area (Å²) in [6, 6.07) is 9.15. The molecule has 1 aromatic heterocycles. The van der Waals surface area contributed by atoms with Crippen molar-refractivity contribution >= 4 is 17.8 Å². The van der Waals surface area contributed by atoms with Gasteiger partial charge < -0.3 is 10.2 Å². The van der Waals surface area contributed by atoms with Gasteiger partial charge in [-0.25, -0.2) is 4.79 Å². The van der Waals surface area contributed by atoms with Crippen molar-refractivity contribution in [3.63, 3.8) is 0 Å². The molecule has 130 valence electrons. The topological polar surface area (TPSA) is 87.5 Å². The van der Waals surface area contributed by atoms with Crippen LogP contribution in [0.1, 0.15) is 11.1 Å². The molecule has 2 heterocycles. The van der Waals surface area contributed by atoms with E-state index >= 15 is 0 Å². The Morgan fingerprint density at radius 1 is 1.20 bits per heavy atom. The number of urea groups is 1. The van der Waals surface area contributed by atoms with E-state index in [1.165, 1.54) is 11.9 Å². The lowest BCUT2D eigenvalue weighted by Crippen LogP contribution is -2.40. The summed E-state index contributed by atoms with van der Waals surface area (Å²) in [5, 5.41) is 6.95. The number of nitrogens with zero attached hydrogens (tertiary/aromatic N) is 4. The van der Waals surface area contributed by atoms with Gasteiger partial charge >= 0.3 is 6.03 Å². The number of hydrogen-bond donors (Lipinski definition) is 1. The van der Waals surface area contributed by atoms with Crippen molar-refractivity contribution in [2.45, 2.75) is 13.1 Å². The lowest BCUT2D eigenvalue weighted by atomic mass is 10.1. The highest BCUT2D eigenvalue weighted by Gasteiger charge is 2.34. The van der Waals surface area contributed by atoms with Crippen LogP contribution in [0.25, 0.3) is 0 Å². The maximum Gasteiger partial charge on any atom is 0.327 e. The first-order valence-corrected chi connectivity index (χ1v) is 7.91. The Bertz CT molecular complexity index is 787. The molecule has 0 atom stereocenters. The first kappa shape index (κ1) is 16.7. The first-order valence-electron chi connectivity index (χ1n) is 7.91. The minimum Gasteiger partial charge on any atom is -0.350 e. The second-order valence-electron chi connectivity index (χ2n) is 5.87. The maximum absolute atomic E-state index is 12.1. The predicted molar refractivity (Wildman–Crippen MR) is 89.4 cm³/mol. The van der Waals surface area contributed by atoms with Gasteiger partial charge in [0.2, 0.25) is 5.91 Å². The molecular formula is C17H19N5O3. The van der Waals surface area contributed by atoms with Gasteiger partial charge in [-0.3, -0.25) is 19.2 Å². The maximum atomic E-state index is 12.1. The van der Waals surface area contributed by atoms with Crippen molar-refractivity contribution in [3.8, 4) is 0 Å². The van der Waals surface area contributed by atoms with E-state index < -0.39 is 6.03 Å². The van der Waals surface area contributed by atoms with E-state index in [4.69, 9.17) is 0 Å². The molecular weight excluding hydrogens is 322 g/mol.